The number of hydrogen-bond acceptors (Lipinski definition) is 3. The molecule has 5 nitrogen and oxygen atoms in total. The predicted molar refractivity (Wildman–Crippen MR) is 82.4 cm³/mol. The summed E-state index contributed by atoms with van der Waals surface area (Å²) in [5.41, 5.74) is 1.11. The Morgan fingerprint density at radius 2 is 1.77 bits per heavy atom. The second-order valence-corrected chi connectivity index (χ2v) is 5.14. The van der Waals surface area contributed by atoms with Crippen molar-refractivity contribution in [3.05, 3.63) is 64.2 Å². The van der Waals surface area contributed by atoms with Crippen molar-refractivity contribution >= 4 is 23.5 Å². The van der Waals surface area contributed by atoms with E-state index in [4.69, 9.17) is 16.7 Å². The number of aromatic carboxylic acids is 1. The second kappa shape index (κ2) is 6.49. The highest BCUT2D eigenvalue weighted by Gasteiger charge is 2.16. The van der Waals surface area contributed by atoms with Gasteiger partial charge >= 0.3 is 5.97 Å². The van der Waals surface area contributed by atoms with Gasteiger partial charge in [-0.2, -0.15) is 0 Å². The van der Waals surface area contributed by atoms with Crippen LogP contribution in [0.4, 0.5) is 0 Å². The van der Waals surface area contributed by atoms with Crippen LogP contribution < -0.4 is 5.32 Å². The molecule has 6 heteroatoms. The first-order valence-electron chi connectivity index (χ1n) is 6.51. The van der Waals surface area contributed by atoms with Gasteiger partial charge < -0.3 is 15.5 Å². The smallest absolute Gasteiger partial charge is 0.335 e. The second-order valence-electron chi connectivity index (χ2n) is 4.76. The average Bonchev–Trinajstić information content (AvgIpc) is 2.50. The van der Waals surface area contributed by atoms with E-state index in [0.29, 0.717) is 0 Å². The van der Waals surface area contributed by atoms with Gasteiger partial charge in [0, 0.05) is 0 Å². The number of phenolic OH excluding ortho intramolecular Hbond substituents is 1. The van der Waals surface area contributed by atoms with Gasteiger partial charge in [-0.15, -0.1) is 0 Å². The summed E-state index contributed by atoms with van der Waals surface area (Å²) in [4.78, 5) is 23.0. The molecule has 0 heterocycles. The summed E-state index contributed by atoms with van der Waals surface area (Å²) in [7, 11) is 0. The maximum atomic E-state index is 12.2. The van der Waals surface area contributed by atoms with Crippen LogP contribution in [0.15, 0.2) is 42.5 Å². The lowest BCUT2D eigenvalue weighted by Crippen LogP contribution is -2.26. The highest BCUT2D eigenvalue weighted by molar-refractivity contribution is 6.35. The zero-order chi connectivity index (χ0) is 16.3. The normalized spacial score (nSPS) is 11.7. The van der Waals surface area contributed by atoms with E-state index in [0.717, 1.165) is 5.56 Å². The molecule has 0 unspecified atom stereocenters. The topological polar surface area (TPSA) is 86.6 Å². The van der Waals surface area contributed by atoms with Gasteiger partial charge in [0.1, 0.15) is 5.75 Å². The van der Waals surface area contributed by atoms with Crippen LogP contribution in [0.25, 0.3) is 0 Å². The number of nitrogens with one attached hydrogen (secondary N) is 1. The molecule has 3 N–H and O–H groups in total. The summed E-state index contributed by atoms with van der Waals surface area (Å²) in [6, 6.07) is 10.3. The van der Waals surface area contributed by atoms with Crippen molar-refractivity contribution in [2.75, 3.05) is 0 Å². The van der Waals surface area contributed by atoms with E-state index in [2.05, 4.69) is 5.32 Å². The van der Waals surface area contributed by atoms with Crippen molar-refractivity contribution in [2.45, 2.75) is 13.0 Å². The fourth-order valence-electron chi connectivity index (χ4n) is 1.97. The fraction of sp³-hybridized carbons (Fsp3) is 0.125. The molecular formula is C16H14ClNO4. The molecule has 2 aromatic carbocycles. The Hall–Kier alpha value is -2.53. The van der Waals surface area contributed by atoms with Crippen molar-refractivity contribution < 1.29 is 19.8 Å². The minimum absolute atomic E-state index is 0.00609. The van der Waals surface area contributed by atoms with E-state index in [1.54, 1.807) is 19.1 Å². The lowest BCUT2D eigenvalue weighted by atomic mass is 10.1. The van der Waals surface area contributed by atoms with Crippen molar-refractivity contribution in [2.24, 2.45) is 0 Å². The number of hydrogen-bond donors (Lipinski definition) is 3. The van der Waals surface area contributed by atoms with Gasteiger partial charge in [0.05, 0.1) is 22.2 Å². The van der Waals surface area contributed by atoms with Crippen LogP contribution in [0.3, 0.4) is 0 Å². The first-order valence-corrected chi connectivity index (χ1v) is 6.89. The predicted octanol–water partition coefficient (Wildman–Crippen LogP) is 3.23. The monoisotopic (exact) mass is 319 g/mol. The minimum atomic E-state index is -1.00. The number of phenols is 1. The number of rotatable bonds is 4. The fourth-order valence-corrected chi connectivity index (χ4v) is 2.18. The van der Waals surface area contributed by atoms with Gasteiger partial charge in [0.15, 0.2) is 0 Å². The lowest BCUT2D eigenvalue weighted by molar-refractivity contribution is 0.0696. The molecule has 0 saturated carbocycles. The highest BCUT2D eigenvalue weighted by atomic mass is 35.5. The van der Waals surface area contributed by atoms with Crippen molar-refractivity contribution in [1.29, 1.82) is 0 Å². The molecule has 0 aliphatic heterocycles. The number of halogens is 1. The van der Waals surface area contributed by atoms with Crippen molar-refractivity contribution in [1.82, 2.24) is 5.32 Å². The molecule has 0 radical (unpaired) electrons. The maximum absolute atomic E-state index is 12.2. The van der Waals surface area contributed by atoms with Crippen LogP contribution >= 0.6 is 11.6 Å². The van der Waals surface area contributed by atoms with Crippen LogP contribution in [0.1, 0.15) is 39.2 Å². The molecule has 22 heavy (non-hydrogen) atoms. The maximum Gasteiger partial charge on any atom is 0.335 e. The van der Waals surface area contributed by atoms with Gasteiger partial charge in [0.2, 0.25) is 0 Å². The molecule has 0 fully saturated rings. The van der Waals surface area contributed by atoms with Crippen LogP contribution in [0, 0.1) is 0 Å². The Morgan fingerprint density at radius 1 is 1.14 bits per heavy atom. The van der Waals surface area contributed by atoms with E-state index in [-0.39, 0.29) is 27.9 Å². The molecule has 0 saturated heterocycles. The summed E-state index contributed by atoms with van der Waals surface area (Å²) in [6.45, 7) is 1.77. The van der Waals surface area contributed by atoms with E-state index in [1.807, 2.05) is 0 Å². The molecule has 1 atom stereocenters. The highest BCUT2D eigenvalue weighted by Crippen LogP contribution is 2.27. The summed E-state index contributed by atoms with van der Waals surface area (Å²) in [6.07, 6.45) is 0. The van der Waals surface area contributed by atoms with E-state index in [9.17, 15) is 14.7 Å². The van der Waals surface area contributed by atoms with Crippen LogP contribution in [0.2, 0.25) is 5.02 Å². The first-order chi connectivity index (χ1) is 10.4. The quantitative estimate of drug-likeness (QED) is 0.807. The standard InChI is InChI=1S/C16H14ClNO4/c1-9(10-5-7-11(8-6-10)16(21)22)18-15(20)12-3-2-4-13(19)14(12)17/h2-9,19H,1H3,(H,18,20)(H,21,22)/t9-/m1/s1. The molecule has 0 aliphatic carbocycles. The van der Waals surface area contributed by atoms with Gasteiger partial charge in [-0.25, -0.2) is 4.79 Å². The number of amides is 1. The molecule has 0 bridgehead atoms. The Kier molecular flexibility index (Phi) is 4.68. The third-order valence-electron chi connectivity index (χ3n) is 3.23. The van der Waals surface area contributed by atoms with Crippen LogP contribution in [-0.2, 0) is 0 Å². The van der Waals surface area contributed by atoms with Gasteiger partial charge in [-0.05, 0) is 36.8 Å². The minimum Gasteiger partial charge on any atom is -0.506 e. The number of aromatic hydroxyl groups is 1. The third kappa shape index (κ3) is 3.38. The number of benzene rings is 2. The van der Waals surface area contributed by atoms with Crippen LogP contribution in [-0.4, -0.2) is 22.1 Å². The number of carbonyl (C=O) groups excluding carboxylic acids is 1. The molecule has 0 aliphatic rings. The third-order valence-corrected chi connectivity index (χ3v) is 3.63. The molecule has 0 aromatic heterocycles. The zero-order valence-electron chi connectivity index (χ0n) is 11.7. The van der Waals surface area contributed by atoms with E-state index >= 15 is 0 Å². The lowest BCUT2D eigenvalue weighted by Gasteiger charge is -2.15. The zero-order valence-corrected chi connectivity index (χ0v) is 12.5. The number of carbonyl (C=O) groups is 2. The van der Waals surface area contributed by atoms with E-state index < -0.39 is 11.9 Å². The first kappa shape index (κ1) is 15.9. The van der Waals surface area contributed by atoms with Crippen molar-refractivity contribution in [3.63, 3.8) is 0 Å². The van der Waals surface area contributed by atoms with E-state index in [1.165, 1.54) is 30.3 Å². The van der Waals surface area contributed by atoms with Crippen LogP contribution in [0.5, 0.6) is 5.75 Å². The van der Waals surface area contributed by atoms with Gasteiger partial charge in [-0.3, -0.25) is 4.79 Å². The summed E-state index contributed by atoms with van der Waals surface area (Å²) in [5.74, 6) is -1.58. The molecule has 114 valence electrons. The van der Waals surface area contributed by atoms with Gasteiger partial charge in [0.25, 0.3) is 5.91 Å². The molecule has 2 rings (SSSR count). The summed E-state index contributed by atoms with van der Waals surface area (Å²) < 4.78 is 0. The molecule has 1 amide bonds. The molecule has 0 spiro atoms. The Labute approximate surface area is 132 Å². The average molecular weight is 320 g/mol. The Bertz CT molecular complexity index is 713. The Balaban J connectivity index is 2.14. The summed E-state index contributed by atoms with van der Waals surface area (Å²) in [5, 5.41) is 21.1. The summed E-state index contributed by atoms with van der Waals surface area (Å²) >= 11 is 5.90. The van der Waals surface area contributed by atoms with Gasteiger partial charge in [-0.1, -0.05) is 29.8 Å². The SMILES string of the molecule is C[C@@H](NC(=O)c1cccc(O)c1Cl)c1ccc(C(=O)O)cc1. The number of carboxylic acid groups (broad SMARTS) is 1. The van der Waals surface area contributed by atoms with Crippen molar-refractivity contribution in [3.8, 4) is 5.75 Å². The number of carboxylic acids is 1. The molecule has 2 aromatic rings. The largest absolute Gasteiger partial charge is 0.506 e. The Morgan fingerprint density at radius 3 is 2.36 bits per heavy atom. The molecular weight excluding hydrogens is 306 g/mol.